The number of halogens is 3. The Bertz CT molecular complexity index is 493. The van der Waals surface area contributed by atoms with Gasteiger partial charge in [0.15, 0.2) is 6.29 Å². The fraction of sp³-hybridized carbons (Fsp3) is 0.625. The first-order chi connectivity index (χ1) is 10.0. The van der Waals surface area contributed by atoms with Crippen LogP contribution in [0.2, 0.25) is 0 Å². The van der Waals surface area contributed by atoms with Gasteiger partial charge in [0.2, 0.25) is 0 Å². The molecule has 1 heterocycles. The van der Waals surface area contributed by atoms with Gasteiger partial charge in [0, 0.05) is 6.42 Å². The van der Waals surface area contributed by atoms with E-state index < -0.39 is 11.7 Å². The van der Waals surface area contributed by atoms with Crippen LogP contribution in [0.1, 0.15) is 49.7 Å². The number of aryl methyl sites for hydroxylation is 1. The first kappa shape index (κ1) is 14.7. The predicted octanol–water partition coefficient (Wildman–Crippen LogP) is 4.71. The molecule has 2 nitrogen and oxygen atoms in total. The lowest BCUT2D eigenvalue weighted by Crippen LogP contribution is -2.31. The number of rotatable bonds is 2. The van der Waals surface area contributed by atoms with Crippen molar-refractivity contribution in [1.29, 1.82) is 0 Å². The molecule has 0 spiro atoms. The first-order valence-electron chi connectivity index (χ1n) is 7.54. The summed E-state index contributed by atoms with van der Waals surface area (Å²) in [5, 5.41) is 0. The lowest BCUT2D eigenvalue weighted by molar-refractivity contribution is -0.139. The van der Waals surface area contributed by atoms with E-state index in [0.29, 0.717) is 24.2 Å². The minimum atomic E-state index is -4.30. The molecule has 3 rings (SSSR count). The molecule has 0 bridgehead atoms. The Balaban J connectivity index is 1.65. The molecule has 1 aromatic carbocycles. The van der Waals surface area contributed by atoms with Gasteiger partial charge in [-0.1, -0.05) is 19.3 Å². The highest BCUT2D eigenvalue weighted by molar-refractivity contribution is 5.39. The van der Waals surface area contributed by atoms with Crippen LogP contribution in [0.15, 0.2) is 18.2 Å². The highest BCUT2D eigenvalue weighted by atomic mass is 19.4. The van der Waals surface area contributed by atoms with E-state index in [-0.39, 0.29) is 12.4 Å². The Labute approximate surface area is 122 Å². The largest absolute Gasteiger partial charge is 0.465 e. The van der Waals surface area contributed by atoms with Crippen molar-refractivity contribution in [3.63, 3.8) is 0 Å². The summed E-state index contributed by atoms with van der Waals surface area (Å²) in [6.07, 6.45) is 2.53. The first-order valence-corrected chi connectivity index (χ1v) is 7.54. The average Bonchev–Trinajstić information content (AvgIpc) is 2.47. The zero-order chi connectivity index (χ0) is 14.9. The SMILES string of the molecule is FC(F)(F)c1ccc2c(c1)CCC(OC1CCCCC1)O2. The molecule has 0 amide bonds. The van der Waals surface area contributed by atoms with Gasteiger partial charge >= 0.3 is 6.18 Å². The maximum Gasteiger partial charge on any atom is 0.416 e. The fourth-order valence-electron chi connectivity index (χ4n) is 3.05. The van der Waals surface area contributed by atoms with Crippen molar-refractivity contribution in [2.45, 2.75) is 63.5 Å². The Hall–Kier alpha value is -1.23. The van der Waals surface area contributed by atoms with Crippen molar-refractivity contribution >= 4 is 0 Å². The standard InChI is InChI=1S/C16H19F3O2/c17-16(18,19)12-7-8-14-11(10-12)6-9-15(21-14)20-13-4-2-1-3-5-13/h7-8,10,13,15H,1-6,9H2. The third-order valence-electron chi connectivity index (χ3n) is 4.19. The van der Waals surface area contributed by atoms with Gasteiger partial charge in [-0.25, -0.2) is 0 Å². The Morgan fingerprint density at radius 2 is 1.81 bits per heavy atom. The molecule has 1 unspecified atom stereocenters. The average molecular weight is 300 g/mol. The summed E-state index contributed by atoms with van der Waals surface area (Å²) in [7, 11) is 0. The van der Waals surface area contributed by atoms with Crippen molar-refractivity contribution in [3.05, 3.63) is 29.3 Å². The number of fused-ring (bicyclic) bond motifs is 1. The topological polar surface area (TPSA) is 18.5 Å². The molecule has 1 atom stereocenters. The van der Waals surface area contributed by atoms with Crippen LogP contribution in [-0.2, 0) is 17.3 Å². The molecular formula is C16H19F3O2. The van der Waals surface area contributed by atoms with E-state index in [1.54, 1.807) is 0 Å². The van der Waals surface area contributed by atoms with E-state index in [0.717, 1.165) is 18.9 Å². The second-order valence-corrected chi connectivity index (χ2v) is 5.80. The summed E-state index contributed by atoms with van der Waals surface area (Å²) in [5.41, 5.74) is 0.00446. The van der Waals surface area contributed by atoms with Crippen LogP contribution in [0.25, 0.3) is 0 Å². The van der Waals surface area contributed by atoms with Crippen LogP contribution in [-0.4, -0.2) is 12.4 Å². The van der Waals surface area contributed by atoms with Crippen LogP contribution in [0, 0.1) is 0 Å². The van der Waals surface area contributed by atoms with Crippen molar-refractivity contribution in [2.24, 2.45) is 0 Å². The highest BCUT2D eigenvalue weighted by Crippen LogP contribution is 2.36. The molecule has 0 N–H and O–H groups in total. The number of alkyl halides is 3. The predicted molar refractivity (Wildman–Crippen MR) is 72.1 cm³/mol. The Kier molecular flexibility index (Phi) is 4.11. The third kappa shape index (κ3) is 3.51. The second-order valence-electron chi connectivity index (χ2n) is 5.80. The van der Waals surface area contributed by atoms with E-state index in [4.69, 9.17) is 9.47 Å². The zero-order valence-electron chi connectivity index (χ0n) is 11.8. The molecule has 0 radical (unpaired) electrons. The Morgan fingerprint density at radius 3 is 2.52 bits per heavy atom. The van der Waals surface area contributed by atoms with Crippen LogP contribution < -0.4 is 4.74 Å². The fourth-order valence-corrected chi connectivity index (χ4v) is 3.05. The van der Waals surface area contributed by atoms with E-state index >= 15 is 0 Å². The molecule has 2 aliphatic rings. The minimum Gasteiger partial charge on any atom is -0.465 e. The molecule has 1 fully saturated rings. The molecule has 0 saturated heterocycles. The quantitative estimate of drug-likeness (QED) is 0.787. The maximum absolute atomic E-state index is 12.7. The van der Waals surface area contributed by atoms with Gasteiger partial charge in [-0.3, -0.25) is 0 Å². The zero-order valence-corrected chi connectivity index (χ0v) is 11.8. The Morgan fingerprint density at radius 1 is 1.05 bits per heavy atom. The maximum atomic E-state index is 12.7. The minimum absolute atomic E-state index is 0.236. The molecule has 1 aliphatic heterocycles. The molecule has 1 saturated carbocycles. The summed E-state index contributed by atoms with van der Waals surface area (Å²) < 4.78 is 49.7. The van der Waals surface area contributed by atoms with Gasteiger partial charge in [-0.2, -0.15) is 13.2 Å². The van der Waals surface area contributed by atoms with Gasteiger partial charge in [0.1, 0.15) is 5.75 Å². The molecule has 0 aromatic heterocycles. The monoisotopic (exact) mass is 300 g/mol. The van der Waals surface area contributed by atoms with Crippen LogP contribution in [0.5, 0.6) is 5.75 Å². The second kappa shape index (κ2) is 5.87. The summed E-state index contributed by atoms with van der Waals surface area (Å²) in [5.74, 6) is 0.523. The normalized spacial score (nSPS) is 23.5. The molecule has 116 valence electrons. The van der Waals surface area contributed by atoms with Crippen LogP contribution >= 0.6 is 0 Å². The third-order valence-corrected chi connectivity index (χ3v) is 4.19. The summed E-state index contributed by atoms with van der Waals surface area (Å²) in [6, 6.07) is 3.67. The smallest absolute Gasteiger partial charge is 0.416 e. The summed E-state index contributed by atoms with van der Waals surface area (Å²) in [6.45, 7) is 0. The summed E-state index contributed by atoms with van der Waals surface area (Å²) >= 11 is 0. The number of ether oxygens (including phenoxy) is 2. The van der Waals surface area contributed by atoms with Gasteiger partial charge in [0.25, 0.3) is 0 Å². The lowest BCUT2D eigenvalue weighted by atomic mass is 9.97. The molecule has 1 aliphatic carbocycles. The van der Waals surface area contributed by atoms with E-state index in [1.165, 1.54) is 31.4 Å². The van der Waals surface area contributed by atoms with Gasteiger partial charge < -0.3 is 9.47 Å². The van der Waals surface area contributed by atoms with Crippen molar-refractivity contribution < 1.29 is 22.6 Å². The number of hydrogen-bond donors (Lipinski definition) is 0. The molecule has 21 heavy (non-hydrogen) atoms. The number of benzene rings is 1. The van der Waals surface area contributed by atoms with E-state index in [1.807, 2.05) is 0 Å². The van der Waals surface area contributed by atoms with Gasteiger partial charge in [0.05, 0.1) is 11.7 Å². The summed E-state index contributed by atoms with van der Waals surface area (Å²) in [4.78, 5) is 0. The molecule has 5 heteroatoms. The van der Waals surface area contributed by atoms with Crippen molar-refractivity contribution in [3.8, 4) is 5.75 Å². The van der Waals surface area contributed by atoms with Crippen molar-refractivity contribution in [1.82, 2.24) is 0 Å². The number of hydrogen-bond acceptors (Lipinski definition) is 2. The van der Waals surface area contributed by atoms with E-state index in [2.05, 4.69) is 0 Å². The molecular weight excluding hydrogens is 281 g/mol. The molecule has 1 aromatic rings. The van der Waals surface area contributed by atoms with Crippen LogP contribution in [0.4, 0.5) is 13.2 Å². The van der Waals surface area contributed by atoms with Crippen molar-refractivity contribution in [2.75, 3.05) is 0 Å². The van der Waals surface area contributed by atoms with E-state index in [9.17, 15) is 13.2 Å². The van der Waals surface area contributed by atoms with Crippen LogP contribution in [0.3, 0.4) is 0 Å². The lowest BCUT2D eigenvalue weighted by Gasteiger charge is -2.31. The van der Waals surface area contributed by atoms with Gasteiger partial charge in [-0.05, 0) is 43.0 Å². The van der Waals surface area contributed by atoms with Gasteiger partial charge in [-0.15, -0.1) is 0 Å². The highest BCUT2D eigenvalue weighted by Gasteiger charge is 2.32.